The van der Waals surface area contributed by atoms with Gasteiger partial charge in [-0.3, -0.25) is 4.79 Å². The minimum Gasteiger partial charge on any atom is -0.488 e. The summed E-state index contributed by atoms with van der Waals surface area (Å²) >= 11 is 0. The SMILES string of the molecule is NCCOc1cccc2c1OCCNC2=O. The molecule has 1 amide bonds. The summed E-state index contributed by atoms with van der Waals surface area (Å²) in [5.74, 6) is 0.941. The Balaban J connectivity index is 2.33. The van der Waals surface area contributed by atoms with Crippen molar-refractivity contribution >= 4 is 5.91 Å². The van der Waals surface area contributed by atoms with E-state index in [0.29, 0.717) is 43.4 Å². The highest BCUT2D eigenvalue weighted by molar-refractivity contribution is 5.98. The van der Waals surface area contributed by atoms with E-state index in [-0.39, 0.29) is 5.91 Å². The summed E-state index contributed by atoms with van der Waals surface area (Å²) in [6.07, 6.45) is 0. The first-order valence-corrected chi connectivity index (χ1v) is 5.20. The number of amides is 1. The normalized spacial score (nSPS) is 14.4. The molecular weight excluding hydrogens is 208 g/mol. The van der Waals surface area contributed by atoms with Gasteiger partial charge >= 0.3 is 0 Å². The number of nitrogens with one attached hydrogen (secondary N) is 1. The van der Waals surface area contributed by atoms with Crippen molar-refractivity contribution in [3.8, 4) is 11.5 Å². The van der Waals surface area contributed by atoms with Gasteiger partial charge in [0.15, 0.2) is 11.5 Å². The van der Waals surface area contributed by atoms with Crippen molar-refractivity contribution in [2.75, 3.05) is 26.3 Å². The number of ether oxygens (including phenoxy) is 2. The average molecular weight is 222 g/mol. The fourth-order valence-electron chi connectivity index (χ4n) is 1.54. The van der Waals surface area contributed by atoms with Gasteiger partial charge in [0.05, 0.1) is 12.1 Å². The van der Waals surface area contributed by atoms with Crippen LogP contribution in [-0.2, 0) is 0 Å². The molecule has 16 heavy (non-hydrogen) atoms. The Bertz CT molecular complexity index is 393. The molecule has 1 aliphatic rings. The molecule has 1 aromatic carbocycles. The molecule has 0 aliphatic carbocycles. The first-order chi connectivity index (χ1) is 7.83. The van der Waals surface area contributed by atoms with Crippen molar-refractivity contribution in [1.82, 2.24) is 5.32 Å². The zero-order chi connectivity index (χ0) is 11.4. The lowest BCUT2D eigenvalue weighted by molar-refractivity contribution is 0.0957. The van der Waals surface area contributed by atoms with Crippen molar-refractivity contribution in [1.29, 1.82) is 0 Å². The largest absolute Gasteiger partial charge is 0.488 e. The van der Waals surface area contributed by atoms with Gasteiger partial charge in [-0.2, -0.15) is 0 Å². The van der Waals surface area contributed by atoms with Crippen molar-refractivity contribution in [3.63, 3.8) is 0 Å². The number of para-hydroxylation sites is 1. The minimum atomic E-state index is -0.134. The molecule has 2 rings (SSSR count). The molecule has 1 aliphatic heterocycles. The quantitative estimate of drug-likeness (QED) is 0.763. The zero-order valence-corrected chi connectivity index (χ0v) is 8.86. The molecule has 0 unspecified atom stereocenters. The minimum absolute atomic E-state index is 0.134. The molecule has 1 heterocycles. The van der Waals surface area contributed by atoms with Crippen molar-refractivity contribution in [3.05, 3.63) is 23.8 Å². The van der Waals surface area contributed by atoms with Gasteiger partial charge < -0.3 is 20.5 Å². The molecule has 0 saturated carbocycles. The monoisotopic (exact) mass is 222 g/mol. The molecule has 0 aromatic heterocycles. The van der Waals surface area contributed by atoms with Gasteiger partial charge in [-0.25, -0.2) is 0 Å². The lowest BCUT2D eigenvalue weighted by atomic mass is 10.2. The molecule has 5 nitrogen and oxygen atoms in total. The first kappa shape index (κ1) is 10.8. The van der Waals surface area contributed by atoms with Crippen LogP contribution in [0.3, 0.4) is 0 Å². The first-order valence-electron chi connectivity index (χ1n) is 5.20. The highest BCUT2D eigenvalue weighted by Crippen LogP contribution is 2.32. The second-order valence-electron chi connectivity index (χ2n) is 3.37. The van der Waals surface area contributed by atoms with Gasteiger partial charge in [0.2, 0.25) is 0 Å². The average Bonchev–Trinajstić information content (AvgIpc) is 2.49. The number of hydrogen-bond acceptors (Lipinski definition) is 4. The molecule has 0 atom stereocenters. The van der Waals surface area contributed by atoms with Crippen LogP contribution in [0, 0.1) is 0 Å². The summed E-state index contributed by atoms with van der Waals surface area (Å²) in [6, 6.07) is 5.25. The third kappa shape index (κ3) is 2.09. The van der Waals surface area contributed by atoms with Gasteiger partial charge in [-0.15, -0.1) is 0 Å². The molecule has 0 radical (unpaired) electrons. The van der Waals surface area contributed by atoms with Crippen molar-refractivity contribution < 1.29 is 14.3 Å². The van der Waals surface area contributed by atoms with Gasteiger partial charge in [0.25, 0.3) is 5.91 Å². The third-order valence-electron chi connectivity index (χ3n) is 2.23. The maximum atomic E-state index is 11.7. The smallest absolute Gasteiger partial charge is 0.255 e. The second kappa shape index (κ2) is 4.85. The fourth-order valence-corrected chi connectivity index (χ4v) is 1.54. The summed E-state index contributed by atoms with van der Waals surface area (Å²) in [7, 11) is 0. The van der Waals surface area contributed by atoms with Gasteiger partial charge in [-0.05, 0) is 12.1 Å². The predicted molar refractivity (Wildman–Crippen MR) is 58.8 cm³/mol. The topological polar surface area (TPSA) is 73.6 Å². The molecule has 3 N–H and O–H groups in total. The predicted octanol–water partition coefficient (Wildman–Crippen LogP) is 0.146. The highest BCUT2D eigenvalue weighted by Gasteiger charge is 2.19. The molecular formula is C11H14N2O3. The van der Waals surface area contributed by atoms with E-state index in [9.17, 15) is 4.79 Å². The highest BCUT2D eigenvalue weighted by atomic mass is 16.5. The van der Waals surface area contributed by atoms with E-state index >= 15 is 0 Å². The van der Waals surface area contributed by atoms with E-state index in [2.05, 4.69) is 5.32 Å². The third-order valence-corrected chi connectivity index (χ3v) is 2.23. The Kier molecular flexibility index (Phi) is 3.26. The van der Waals surface area contributed by atoms with E-state index < -0.39 is 0 Å². The van der Waals surface area contributed by atoms with Crippen LogP contribution in [0.1, 0.15) is 10.4 Å². The van der Waals surface area contributed by atoms with Crippen LogP contribution in [0.5, 0.6) is 11.5 Å². The van der Waals surface area contributed by atoms with Crippen molar-refractivity contribution in [2.45, 2.75) is 0 Å². The Morgan fingerprint density at radius 3 is 3.19 bits per heavy atom. The van der Waals surface area contributed by atoms with Gasteiger partial charge in [0, 0.05) is 6.54 Å². The van der Waals surface area contributed by atoms with Gasteiger partial charge in [-0.1, -0.05) is 6.07 Å². The number of benzene rings is 1. The Morgan fingerprint density at radius 1 is 1.50 bits per heavy atom. The van der Waals surface area contributed by atoms with E-state index in [1.54, 1.807) is 18.2 Å². The van der Waals surface area contributed by atoms with Crippen LogP contribution in [-0.4, -0.2) is 32.2 Å². The van der Waals surface area contributed by atoms with E-state index in [0.717, 1.165) is 0 Å². The zero-order valence-electron chi connectivity index (χ0n) is 8.86. The second-order valence-corrected chi connectivity index (χ2v) is 3.37. The maximum absolute atomic E-state index is 11.7. The Labute approximate surface area is 93.5 Å². The summed E-state index contributed by atoms with van der Waals surface area (Å²) in [4.78, 5) is 11.7. The number of hydrogen-bond donors (Lipinski definition) is 2. The molecule has 0 fully saturated rings. The number of carbonyl (C=O) groups excluding carboxylic acids is 1. The maximum Gasteiger partial charge on any atom is 0.255 e. The molecule has 0 saturated heterocycles. The summed E-state index contributed by atoms with van der Waals surface area (Å²) in [5, 5.41) is 2.74. The number of nitrogens with two attached hydrogens (primary N) is 1. The molecule has 86 valence electrons. The van der Waals surface area contributed by atoms with Gasteiger partial charge in [0.1, 0.15) is 13.2 Å². The molecule has 0 bridgehead atoms. The van der Waals surface area contributed by atoms with E-state index in [1.807, 2.05) is 0 Å². The summed E-state index contributed by atoms with van der Waals surface area (Å²) < 4.78 is 10.9. The molecule has 1 aromatic rings. The number of rotatable bonds is 3. The number of fused-ring (bicyclic) bond motifs is 1. The van der Waals surface area contributed by atoms with E-state index in [1.165, 1.54) is 0 Å². The van der Waals surface area contributed by atoms with E-state index in [4.69, 9.17) is 15.2 Å². The summed E-state index contributed by atoms with van der Waals surface area (Å²) in [5.41, 5.74) is 5.87. The van der Waals surface area contributed by atoms with Crippen LogP contribution in [0.2, 0.25) is 0 Å². The van der Waals surface area contributed by atoms with Crippen LogP contribution < -0.4 is 20.5 Å². The lowest BCUT2D eigenvalue weighted by Gasteiger charge is -2.12. The summed E-state index contributed by atoms with van der Waals surface area (Å²) in [6.45, 7) is 1.78. The van der Waals surface area contributed by atoms with Crippen LogP contribution >= 0.6 is 0 Å². The van der Waals surface area contributed by atoms with Crippen molar-refractivity contribution in [2.24, 2.45) is 5.73 Å². The standard InChI is InChI=1S/C11H14N2O3/c12-4-6-15-9-3-1-2-8-10(9)16-7-5-13-11(8)14/h1-3H,4-7,12H2,(H,13,14). The Morgan fingerprint density at radius 2 is 2.38 bits per heavy atom. The van der Waals surface area contributed by atoms with Crippen LogP contribution in [0.4, 0.5) is 0 Å². The lowest BCUT2D eigenvalue weighted by Crippen LogP contribution is -2.24. The molecule has 0 spiro atoms. The number of carbonyl (C=O) groups is 1. The fraction of sp³-hybridized carbons (Fsp3) is 0.364. The van der Waals surface area contributed by atoms with Crippen LogP contribution in [0.25, 0.3) is 0 Å². The Hall–Kier alpha value is -1.75. The molecule has 5 heteroatoms. The van der Waals surface area contributed by atoms with Crippen LogP contribution in [0.15, 0.2) is 18.2 Å².